The van der Waals surface area contributed by atoms with E-state index in [0.29, 0.717) is 24.5 Å². The maximum atomic E-state index is 13.6. The lowest BCUT2D eigenvalue weighted by atomic mass is 9.88. The van der Waals surface area contributed by atoms with E-state index in [-0.39, 0.29) is 23.9 Å². The number of nitrogens with one attached hydrogen (secondary N) is 2. The lowest BCUT2D eigenvalue weighted by molar-refractivity contribution is -0.0798. The molecule has 5 rings (SSSR count). The molecule has 0 unspecified atom stereocenters. The predicted molar refractivity (Wildman–Crippen MR) is 136 cm³/mol. The number of rotatable bonds is 7. The molecule has 2 saturated heterocycles. The first-order valence-electron chi connectivity index (χ1n) is 12.4. The molecule has 1 amide bonds. The number of hydrogen-bond acceptors (Lipinski definition) is 5. The Balaban J connectivity index is 1.31. The van der Waals surface area contributed by atoms with Crippen molar-refractivity contribution >= 4 is 11.5 Å². The van der Waals surface area contributed by atoms with Crippen LogP contribution in [0.15, 0.2) is 72.6 Å². The van der Waals surface area contributed by atoms with Crippen LogP contribution in [0.1, 0.15) is 52.9 Å². The number of nitrogens with zero attached hydrogens (tertiary/aromatic N) is 1. The zero-order chi connectivity index (χ0) is 24.9. The van der Waals surface area contributed by atoms with Crippen LogP contribution < -0.4 is 15.4 Å². The van der Waals surface area contributed by atoms with E-state index in [1.54, 1.807) is 12.3 Å². The second-order valence-electron chi connectivity index (χ2n) is 9.24. The fourth-order valence-electron chi connectivity index (χ4n) is 4.55. The van der Waals surface area contributed by atoms with Crippen molar-refractivity contribution in [2.24, 2.45) is 0 Å². The van der Waals surface area contributed by atoms with Gasteiger partial charge in [-0.05, 0) is 73.3 Å². The molecule has 3 heterocycles. The van der Waals surface area contributed by atoms with Crippen LogP contribution in [0.25, 0.3) is 5.57 Å². The topological polar surface area (TPSA) is 72.5 Å². The average Bonchev–Trinajstić information content (AvgIpc) is 2.89. The van der Waals surface area contributed by atoms with Crippen molar-refractivity contribution in [3.05, 3.63) is 101 Å². The SMILES string of the molecule is C[C@@H](NC(=O)c1cncc(OC2COC2)c1)c1ccc(C(=C2CCNCC2)c2ccc(F)cc2)cc1. The number of halogens is 1. The van der Waals surface area contributed by atoms with E-state index in [1.165, 1.54) is 29.5 Å². The summed E-state index contributed by atoms with van der Waals surface area (Å²) in [6, 6.07) is 16.5. The molecule has 186 valence electrons. The van der Waals surface area contributed by atoms with Crippen LogP contribution in [0.2, 0.25) is 0 Å². The van der Waals surface area contributed by atoms with Crippen LogP contribution in [0.4, 0.5) is 4.39 Å². The molecule has 2 aliphatic rings. The van der Waals surface area contributed by atoms with Crippen LogP contribution >= 0.6 is 0 Å². The molecular formula is C29H30FN3O3. The van der Waals surface area contributed by atoms with E-state index in [9.17, 15) is 9.18 Å². The Labute approximate surface area is 210 Å². The molecule has 2 N–H and O–H groups in total. The van der Waals surface area contributed by atoms with Gasteiger partial charge in [-0.15, -0.1) is 0 Å². The number of carbonyl (C=O) groups excluding carboxylic acids is 1. The third-order valence-electron chi connectivity index (χ3n) is 6.63. The third kappa shape index (κ3) is 5.64. The summed E-state index contributed by atoms with van der Waals surface area (Å²) >= 11 is 0. The highest BCUT2D eigenvalue weighted by Crippen LogP contribution is 2.32. The quantitative estimate of drug-likeness (QED) is 0.507. The lowest BCUT2D eigenvalue weighted by Gasteiger charge is -2.26. The summed E-state index contributed by atoms with van der Waals surface area (Å²) in [7, 11) is 0. The van der Waals surface area contributed by atoms with Gasteiger partial charge in [-0.1, -0.05) is 42.0 Å². The summed E-state index contributed by atoms with van der Waals surface area (Å²) in [4.78, 5) is 17.0. The largest absolute Gasteiger partial charge is 0.484 e. The molecule has 0 aliphatic carbocycles. The maximum Gasteiger partial charge on any atom is 0.253 e. The lowest BCUT2D eigenvalue weighted by Crippen LogP contribution is -2.38. The summed E-state index contributed by atoms with van der Waals surface area (Å²) in [5, 5.41) is 6.45. The van der Waals surface area contributed by atoms with Crippen molar-refractivity contribution in [2.45, 2.75) is 31.9 Å². The van der Waals surface area contributed by atoms with Crippen molar-refractivity contribution in [3.8, 4) is 5.75 Å². The van der Waals surface area contributed by atoms with Crippen molar-refractivity contribution < 1.29 is 18.7 Å². The molecule has 7 heteroatoms. The van der Waals surface area contributed by atoms with Crippen LogP contribution in [0.3, 0.4) is 0 Å². The molecule has 36 heavy (non-hydrogen) atoms. The van der Waals surface area contributed by atoms with Crippen LogP contribution in [-0.4, -0.2) is 43.3 Å². The number of ether oxygens (including phenoxy) is 2. The highest BCUT2D eigenvalue weighted by atomic mass is 19.1. The van der Waals surface area contributed by atoms with Gasteiger partial charge in [0.15, 0.2) is 0 Å². The Kier molecular flexibility index (Phi) is 7.39. The number of carbonyl (C=O) groups is 1. The van der Waals surface area contributed by atoms with Crippen LogP contribution in [0, 0.1) is 5.82 Å². The molecule has 1 aromatic heterocycles. The first-order chi connectivity index (χ1) is 17.6. The minimum absolute atomic E-state index is 0.0159. The Hall–Kier alpha value is -3.55. The van der Waals surface area contributed by atoms with Crippen LogP contribution in [0.5, 0.6) is 5.75 Å². The van der Waals surface area contributed by atoms with Gasteiger partial charge in [-0.2, -0.15) is 0 Å². The number of aromatic nitrogens is 1. The van der Waals surface area contributed by atoms with Gasteiger partial charge in [0.1, 0.15) is 17.7 Å². The van der Waals surface area contributed by atoms with Crippen LogP contribution in [-0.2, 0) is 4.74 Å². The number of hydrogen-bond donors (Lipinski definition) is 2. The van der Waals surface area contributed by atoms with Gasteiger partial charge in [0.2, 0.25) is 0 Å². The van der Waals surface area contributed by atoms with Gasteiger partial charge in [0.05, 0.1) is 31.0 Å². The highest BCUT2D eigenvalue weighted by molar-refractivity contribution is 5.94. The smallest absolute Gasteiger partial charge is 0.253 e. The summed E-state index contributed by atoms with van der Waals surface area (Å²) in [6.45, 7) is 4.95. The van der Waals surface area contributed by atoms with Gasteiger partial charge in [-0.25, -0.2) is 4.39 Å². The molecule has 0 spiro atoms. The molecule has 6 nitrogen and oxygen atoms in total. The van der Waals surface area contributed by atoms with E-state index < -0.39 is 0 Å². The van der Waals surface area contributed by atoms with Gasteiger partial charge in [0.25, 0.3) is 5.91 Å². The van der Waals surface area contributed by atoms with Crippen molar-refractivity contribution in [3.63, 3.8) is 0 Å². The molecule has 2 aromatic carbocycles. The molecule has 0 bridgehead atoms. The molecule has 3 aromatic rings. The third-order valence-corrected chi connectivity index (χ3v) is 6.63. The molecule has 2 fully saturated rings. The average molecular weight is 488 g/mol. The molecule has 0 saturated carbocycles. The predicted octanol–water partition coefficient (Wildman–Crippen LogP) is 4.67. The standard InChI is InChI=1S/C29H30FN3O3/c1-19(33-29(34)24-14-26(16-32-15-24)36-27-17-35-18-27)20-2-4-21(5-3-20)28(23-10-12-31-13-11-23)22-6-8-25(30)9-7-22/h2-9,14-16,19,27,31H,10-13,17-18H2,1H3,(H,33,34)/t19-/m1/s1. The first-order valence-corrected chi connectivity index (χ1v) is 12.4. The zero-order valence-corrected chi connectivity index (χ0v) is 20.3. The second-order valence-corrected chi connectivity index (χ2v) is 9.24. The number of benzene rings is 2. The van der Waals surface area contributed by atoms with Crippen molar-refractivity contribution in [1.29, 1.82) is 0 Å². The Morgan fingerprint density at radius 1 is 1.03 bits per heavy atom. The zero-order valence-electron chi connectivity index (χ0n) is 20.3. The van der Waals surface area contributed by atoms with Gasteiger partial charge >= 0.3 is 0 Å². The number of pyridine rings is 1. The van der Waals surface area contributed by atoms with Gasteiger partial charge in [0, 0.05) is 6.20 Å². The van der Waals surface area contributed by atoms with E-state index in [0.717, 1.165) is 42.6 Å². The highest BCUT2D eigenvalue weighted by Gasteiger charge is 2.21. The fourth-order valence-corrected chi connectivity index (χ4v) is 4.55. The normalized spacial score (nSPS) is 16.7. The number of amides is 1. The summed E-state index contributed by atoms with van der Waals surface area (Å²) in [6.07, 6.45) is 5.08. The summed E-state index contributed by atoms with van der Waals surface area (Å²) < 4.78 is 24.5. The van der Waals surface area contributed by atoms with E-state index >= 15 is 0 Å². The summed E-state index contributed by atoms with van der Waals surface area (Å²) in [5.74, 6) is 0.114. The minimum atomic E-state index is -0.238. The van der Waals surface area contributed by atoms with Crippen molar-refractivity contribution in [1.82, 2.24) is 15.6 Å². The second kappa shape index (κ2) is 11.0. The first kappa shape index (κ1) is 24.2. The minimum Gasteiger partial charge on any atom is -0.484 e. The van der Waals surface area contributed by atoms with E-state index in [1.807, 2.05) is 31.2 Å². The summed E-state index contributed by atoms with van der Waals surface area (Å²) in [5.41, 5.74) is 6.09. The fraction of sp³-hybridized carbons (Fsp3) is 0.310. The Morgan fingerprint density at radius 2 is 1.69 bits per heavy atom. The molecule has 2 aliphatic heterocycles. The Morgan fingerprint density at radius 3 is 2.33 bits per heavy atom. The number of piperidine rings is 1. The monoisotopic (exact) mass is 487 g/mol. The van der Waals surface area contributed by atoms with E-state index in [2.05, 4.69) is 27.8 Å². The molecule has 0 radical (unpaired) electrons. The van der Waals surface area contributed by atoms with Gasteiger partial charge in [-0.3, -0.25) is 9.78 Å². The van der Waals surface area contributed by atoms with Crippen molar-refractivity contribution in [2.75, 3.05) is 26.3 Å². The van der Waals surface area contributed by atoms with Gasteiger partial charge < -0.3 is 20.1 Å². The van der Waals surface area contributed by atoms with E-state index in [4.69, 9.17) is 9.47 Å². The Bertz CT molecular complexity index is 1230. The maximum absolute atomic E-state index is 13.6. The molecular weight excluding hydrogens is 457 g/mol. The molecule has 1 atom stereocenters.